The van der Waals surface area contributed by atoms with Crippen molar-refractivity contribution in [2.24, 2.45) is 0 Å². The van der Waals surface area contributed by atoms with Gasteiger partial charge < -0.3 is 5.32 Å². The summed E-state index contributed by atoms with van der Waals surface area (Å²) in [4.78, 5) is 24.2. The minimum absolute atomic E-state index is 0.0876. The summed E-state index contributed by atoms with van der Waals surface area (Å²) in [5.74, 6) is -0.0876. The monoisotopic (exact) mass is 373 g/mol. The molecule has 3 aromatic heterocycles. The van der Waals surface area contributed by atoms with Crippen LogP contribution in [0.3, 0.4) is 0 Å². The third-order valence-electron chi connectivity index (χ3n) is 4.43. The van der Waals surface area contributed by atoms with Crippen molar-refractivity contribution < 1.29 is 4.79 Å². The summed E-state index contributed by atoms with van der Waals surface area (Å²) in [5, 5.41) is 3.91. The molecule has 0 radical (unpaired) electrons. The number of rotatable bonds is 5. The van der Waals surface area contributed by atoms with Crippen molar-refractivity contribution in [2.45, 2.75) is 19.9 Å². The minimum Gasteiger partial charge on any atom is -0.347 e. The van der Waals surface area contributed by atoms with Crippen molar-refractivity contribution in [2.75, 3.05) is 0 Å². The van der Waals surface area contributed by atoms with Crippen molar-refractivity contribution >= 4 is 28.1 Å². The van der Waals surface area contributed by atoms with Gasteiger partial charge in [0.15, 0.2) is 0 Å². The maximum absolute atomic E-state index is 12.9. The van der Waals surface area contributed by atoms with Gasteiger partial charge in [0.05, 0.1) is 23.3 Å². The fraction of sp³-hybridized carbons (Fsp3) is 0.136. The van der Waals surface area contributed by atoms with Gasteiger partial charge in [-0.3, -0.25) is 9.78 Å². The standard InChI is InChI=1S/C22H19N3OS/c1-2-16-7-8-17(27-16)14-24-22(26)19-13-21(15-9-11-23-12-10-15)25-20-6-4-3-5-18(19)20/h3-13H,2,14H2,1H3,(H,24,26). The zero-order chi connectivity index (χ0) is 18.6. The lowest BCUT2D eigenvalue weighted by Gasteiger charge is -2.10. The Morgan fingerprint density at radius 1 is 1.04 bits per heavy atom. The molecule has 134 valence electrons. The molecule has 5 heteroatoms. The molecule has 0 spiro atoms. The summed E-state index contributed by atoms with van der Waals surface area (Å²) < 4.78 is 0. The van der Waals surface area contributed by atoms with Gasteiger partial charge >= 0.3 is 0 Å². The molecule has 0 aliphatic heterocycles. The Labute approximate surface area is 161 Å². The highest BCUT2D eigenvalue weighted by atomic mass is 32.1. The van der Waals surface area contributed by atoms with E-state index in [1.165, 1.54) is 4.88 Å². The number of hydrogen-bond donors (Lipinski definition) is 1. The van der Waals surface area contributed by atoms with Crippen LogP contribution in [-0.4, -0.2) is 15.9 Å². The van der Waals surface area contributed by atoms with Crippen molar-refractivity contribution in [3.05, 3.63) is 82.3 Å². The highest BCUT2D eigenvalue weighted by molar-refractivity contribution is 7.11. The number of hydrogen-bond acceptors (Lipinski definition) is 4. The summed E-state index contributed by atoms with van der Waals surface area (Å²) in [6.45, 7) is 2.67. The molecule has 0 saturated heterocycles. The molecule has 0 bridgehead atoms. The van der Waals surface area contributed by atoms with Gasteiger partial charge in [-0.25, -0.2) is 4.98 Å². The van der Waals surface area contributed by atoms with Gasteiger partial charge in [-0.1, -0.05) is 25.1 Å². The molecule has 0 unspecified atom stereocenters. The molecule has 27 heavy (non-hydrogen) atoms. The van der Waals surface area contributed by atoms with Crippen LogP contribution < -0.4 is 5.32 Å². The fourth-order valence-corrected chi connectivity index (χ4v) is 3.90. The number of nitrogens with one attached hydrogen (secondary N) is 1. The Morgan fingerprint density at radius 2 is 1.81 bits per heavy atom. The molecule has 1 amide bonds. The maximum atomic E-state index is 12.9. The van der Waals surface area contributed by atoms with Crippen LogP contribution in [0.15, 0.2) is 67.0 Å². The van der Waals surface area contributed by atoms with Gasteiger partial charge in [-0.2, -0.15) is 0 Å². The highest BCUT2D eigenvalue weighted by Gasteiger charge is 2.14. The second-order valence-corrected chi connectivity index (χ2v) is 7.47. The Bertz CT molecular complexity index is 1090. The topological polar surface area (TPSA) is 54.9 Å². The molecule has 4 rings (SSSR count). The summed E-state index contributed by atoms with van der Waals surface area (Å²) in [6, 6.07) is 17.6. The number of nitrogens with zero attached hydrogens (tertiary/aromatic N) is 2. The zero-order valence-corrected chi connectivity index (χ0v) is 15.8. The van der Waals surface area contributed by atoms with E-state index < -0.39 is 0 Å². The van der Waals surface area contributed by atoms with E-state index in [4.69, 9.17) is 4.98 Å². The molecule has 0 aliphatic rings. The van der Waals surface area contributed by atoms with Crippen LogP contribution in [0.4, 0.5) is 0 Å². The molecular formula is C22H19N3OS. The smallest absolute Gasteiger partial charge is 0.252 e. The predicted octanol–water partition coefficient (Wildman–Crippen LogP) is 4.85. The van der Waals surface area contributed by atoms with E-state index in [-0.39, 0.29) is 5.91 Å². The van der Waals surface area contributed by atoms with Crippen molar-refractivity contribution in [1.82, 2.24) is 15.3 Å². The van der Waals surface area contributed by atoms with Crippen LogP contribution in [0.2, 0.25) is 0 Å². The first kappa shape index (κ1) is 17.4. The molecule has 0 atom stereocenters. The lowest BCUT2D eigenvalue weighted by molar-refractivity contribution is 0.0953. The number of benzene rings is 1. The average Bonchev–Trinajstić information content (AvgIpc) is 3.20. The predicted molar refractivity (Wildman–Crippen MR) is 110 cm³/mol. The zero-order valence-electron chi connectivity index (χ0n) is 15.0. The van der Waals surface area contributed by atoms with E-state index in [1.54, 1.807) is 23.7 Å². The van der Waals surface area contributed by atoms with Crippen LogP contribution in [0, 0.1) is 0 Å². The SMILES string of the molecule is CCc1ccc(CNC(=O)c2cc(-c3ccncc3)nc3ccccc23)s1. The van der Waals surface area contributed by atoms with Gasteiger partial charge in [0.1, 0.15) is 0 Å². The molecular weight excluding hydrogens is 354 g/mol. The molecule has 4 aromatic rings. The highest BCUT2D eigenvalue weighted by Crippen LogP contribution is 2.25. The quantitative estimate of drug-likeness (QED) is 0.544. The van der Waals surface area contributed by atoms with Crippen LogP contribution in [0.25, 0.3) is 22.2 Å². The van der Waals surface area contributed by atoms with Gasteiger partial charge in [0.25, 0.3) is 5.91 Å². The van der Waals surface area contributed by atoms with E-state index in [9.17, 15) is 4.79 Å². The molecule has 4 nitrogen and oxygen atoms in total. The number of para-hydroxylation sites is 1. The number of thiophene rings is 1. The van der Waals surface area contributed by atoms with Crippen LogP contribution >= 0.6 is 11.3 Å². The third-order valence-corrected chi connectivity index (χ3v) is 5.66. The van der Waals surface area contributed by atoms with E-state index in [2.05, 4.69) is 29.4 Å². The normalized spacial score (nSPS) is 10.9. The van der Waals surface area contributed by atoms with Gasteiger partial charge in [0.2, 0.25) is 0 Å². The molecule has 1 aromatic carbocycles. The van der Waals surface area contributed by atoms with Crippen molar-refractivity contribution in [1.29, 1.82) is 0 Å². The first-order chi connectivity index (χ1) is 13.2. The van der Waals surface area contributed by atoms with E-state index in [0.717, 1.165) is 33.5 Å². The number of carbonyl (C=O) groups is 1. The van der Waals surface area contributed by atoms with E-state index in [0.29, 0.717) is 12.1 Å². The molecule has 0 saturated carbocycles. The second-order valence-electron chi connectivity index (χ2n) is 6.21. The number of aromatic nitrogens is 2. The van der Waals surface area contributed by atoms with Crippen LogP contribution in [0.5, 0.6) is 0 Å². The Balaban J connectivity index is 1.67. The summed E-state index contributed by atoms with van der Waals surface area (Å²) in [6.07, 6.45) is 4.48. The molecule has 0 fully saturated rings. The summed E-state index contributed by atoms with van der Waals surface area (Å²) in [5.41, 5.74) is 3.15. The number of aryl methyl sites for hydroxylation is 1. The number of amides is 1. The van der Waals surface area contributed by atoms with Gasteiger partial charge in [-0.15, -0.1) is 11.3 Å². The van der Waals surface area contributed by atoms with Gasteiger partial charge in [0, 0.05) is 33.1 Å². The number of pyridine rings is 2. The summed E-state index contributed by atoms with van der Waals surface area (Å²) >= 11 is 1.74. The van der Waals surface area contributed by atoms with Gasteiger partial charge in [-0.05, 0) is 42.8 Å². The minimum atomic E-state index is -0.0876. The largest absolute Gasteiger partial charge is 0.347 e. The average molecular weight is 373 g/mol. The van der Waals surface area contributed by atoms with Crippen molar-refractivity contribution in [3.63, 3.8) is 0 Å². The Kier molecular flexibility index (Phi) is 4.94. The number of carbonyl (C=O) groups excluding carboxylic acids is 1. The Hall–Kier alpha value is -3.05. The lowest BCUT2D eigenvalue weighted by atomic mass is 10.0. The van der Waals surface area contributed by atoms with Crippen molar-refractivity contribution in [3.8, 4) is 11.3 Å². The maximum Gasteiger partial charge on any atom is 0.252 e. The lowest BCUT2D eigenvalue weighted by Crippen LogP contribution is -2.22. The van der Waals surface area contributed by atoms with Crippen LogP contribution in [-0.2, 0) is 13.0 Å². The third kappa shape index (κ3) is 3.73. The first-order valence-electron chi connectivity index (χ1n) is 8.90. The summed E-state index contributed by atoms with van der Waals surface area (Å²) in [7, 11) is 0. The van der Waals surface area contributed by atoms with Crippen LogP contribution in [0.1, 0.15) is 27.0 Å². The van der Waals surface area contributed by atoms with E-state index >= 15 is 0 Å². The first-order valence-corrected chi connectivity index (χ1v) is 9.72. The fourth-order valence-electron chi connectivity index (χ4n) is 3.00. The second kappa shape index (κ2) is 7.68. The Morgan fingerprint density at radius 3 is 2.59 bits per heavy atom. The molecule has 0 aliphatic carbocycles. The number of fused-ring (bicyclic) bond motifs is 1. The van der Waals surface area contributed by atoms with E-state index in [1.807, 2.05) is 42.5 Å². The molecule has 3 heterocycles. The molecule has 1 N–H and O–H groups in total.